The van der Waals surface area contributed by atoms with E-state index in [0.29, 0.717) is 11.6 Å². The maximum Gasteiger partial charge on any atom is 0.226 e. The summed E-state index contributed by atoms with van der Waals surface area (Å²) in [5.74, 6) is 1.51. The number of fused-ring (bicyclic) bond motifs is 2. The SMILES string of the molecule is CC(C)Cc1cc2cc(-c3cc(-c4cc(C(C)(C)C)c5ccccc5c4)ncn3)cnc2o1. The number of pyridine rings is 1. The van der Waals surface area contributed by atoms with Gasteiger partial charge in [0.1, 0.15) is 12.1 Å². The van der Waals surface area contributed by atoms with Crippen LogP contribution in [0.4, 0.5) is 0 Å². The third-order valence-electron chi connectivity index (χ3n) is 5.96. The van der Waals surface area contributed by atoms with Gasteiger partial charge in [-0.1, -0.05) is 58.9 Å². The highest BCUT2D eigenvalue weighted by Crippen LogP contribution is 2.35. The first kappa shape index (κ1) is 21.3. The molecule has 0 saturated carbocycles. The normalized spacial score (nSPS) is 12.2. The Bertz CT molecular complexity index is 1460. The molecule has 0 atom stereocenters. The molecular weight excluding hydrogens is 406 g/mol. The van der Waals surface area contributed by atoms with E-state index in [1.54, 1.807) is 6.33 Å². The molecule has 4 nitrogen and oxygen atoms in total. The van der Waals surface area contributed by atoms with Crippen molar-refractivity contribution in [2.45, 2.75) is 46.5 Å². The average molecular weight is 436 g/mol. The minimum Gasteiger partial charge on any atom is -0.443 e. The molecule has 0 aliphatic heterocycles. The molecule has 0 aliphatic carbocycles. The molecule has 3 aromatic heterocycles. The van der Waals surface area contributed by atoms with Gasteiger partial charge >= 0.3 is 0 Å². The summed E-state index contributed by atoms with van der Waals surface area (Å²) < 4.78 is 5.90. The zero-order valence-electron chi connectivity index (χ0n) is 19.9. The van der Waals surface area contributed by atoms with Gasteiger partial charge in [0, 0.05) is 29.1 Å². The van der Waals surface area contributed by atoms with Crippen LogP contribution in [0.15, 0.2) is 71.5 Å². The Hall–Kier alpha value is -3.53. The summed E-state index contributed by atoms with van der Waals surface area (Å²) >= 11 is 0. The second-order valence-electron chi connectivity index (χ2n) is 10.2. The Balaban J connectivity index is 1.58. The highest BCUT2D eigenvalue weighted by atomic mass is 16.3. The minimum absolute atomic E-state index is 0.0232. The molecular formula is C29H29N3O. The fourth-order valence-electron chi connectivity index (χ4n) is 4.38. The lowest BCUT2D eigenvalue weighted by Gasteiger charge is -2.22. The summed E-state index contributed by atoms with van der Waals surface area (Å²) in [4.78, 5) is 13.7. The molecule has 0 unspecified atom stereocenters. The highest BCUT2D eigenvalue weighted by Gasteiger charge is 2.19. The number of hydrogen-bond donors (Lipinski definition) is 0. The van der Waals surface area contributed by atoms with E-state index in [9.17, 15) is 0 Å². The molecule has 5 rings (SSSR count). The third-order valence-corrected chi connectivity index (χ3v) is 5.96. The Morgan fingerprint density at radius 2 is 1.55 bits per heavy atom. The van der Waals surface area contributed by atoms with Crippen molar-refractivity contribution in [3.63, 3.8) is 0 Å². The fourth-order valence-corrected chi connectivity index (χ4v) is 4.38. The summed E-state index contributed by atoms with van der Waals surface area (Å²) in [5.41, 5.74) is 5.83. The molecule has 2 aromatic carbocycles. The Morgan fingerprint density at radius 3 is 2.30 bits per heavy atom. The van der Waals surface area contributed by atoms with Crippen molar-refractivity contribution in [3.8, 4) is 22.5 Å². The summed E-state index contributed by atoms with van der Waals surface area (Å²) in [6.45, 7) is 11.1. The van der Waals surface area contributed by atoms with Gasteiger partial charge in [-0.2, -0.15) is 0 Å². The van der Waals surface area contributed by atoms with E-state index in [4.69, 9.17) is 4.42 Å². The zero-order chi connectivity index (χ0) is 23.2. The van der Waals surface area contributed by atoms with Crippen LogP contribution in [0.1, 0.15) is 45.9 Å². The van der Waals surface area contributed by atoms with E-state index in [2.05, 4.69) is 104 Å². The smallest absolute Gasteiger partial charge is 0.226 e. The van der Waals surface area contributed by atoms with Gasteiger partial charge in [-0.25, -0.2) is 15.0 Å². The molecule has 0 spiro atoms. The van der Waals surface area contributed by atoms with Crippen LogP contribution in [0.5, 0.6) is 0 Å². The molecule has 0 fully saturated rings. The number of benzene rings is 2. The first-order valence-corrected chi connectivity index (χ1v) is 11.5. The summed E-state index contributed by atoms with van der Waals surface area (Å²) in [6.07, 6.45) is 4.37. The standard InChI is InChI=1S/C29H29N3O/c1-18(2)10-23-13-21-12-22(16-30-28(21)33-23)27-15-26(31-17-32-27)20-11-19-8-6-7-9-24(19)25(14-20)29(3,4)5/h6-9,11-18H,10H2,1-5H3. The second kappa shape index (κ2) is 8.11. The highest BCUT2D eigenvalue weighted by molar-refractivity contribution is 5.91. The quantitative estimate of drug-likeness (QED) is 0.292. The van der Waals surface area contributed by atoms with Crippen LogP contribution in [0.25, 0.3) is 44.4 Å². The van der Waals surface area contributed by atoms with Crippen molar-refractivity contribution in [2.24, 2.45) is 5.92 Å². The van der Waals surface area contributed by atoms with Crippen LogP contribution in [0.3, 0.4) is 0 Å². The summed E-state index contributed by atoms with van der Waals surface area (Å²) in [7, 11) is 0. The monoisotopic (exact) mass is 435 g/mol. The van der Waals surface area contributed by atoms with Gasteiger partial charge in [-0.3, -0.25) is 0 Å². The van der Waals surface area contributed by atoms with E-state index in [1.165, 1.54) is 16.3 Å². The van der Waals surface area contributed by atoms with Crippen LogP contribution < -0.4 is 0 Å². The van der Waals surface area contributed by atoms with Gasteiger partial charge in [-0.05, 0) is 58.0 Å². The molecule has 166 valence electrons. The van der Waals surface area contributed by atoms with Crippen molar-refractivity contribution in [2.75, 3.05) is 0 Å². The molecule has 4 heteroatoms. The third kappa shape index (κ3) is 4.25. The molecule has 0 bridgehead atoms. The van der Waals surface area contributed by atoms with E-state index in [0.717, 1.165) is 40.1 Å². The maximum atomic E-state index is 5.90. The molecule has 0 aliphatic rings. The maximum absolute atomic E-state index is 5.90. The summed E-state index contributed by atoms with van der Waals surface area (Å²) in [5, 5.41) is 3.51. The number of aromatic nitrogens is 3. The lowest BCUT2D eigenvalue weighted by atomic mass is 9.82. The lowest BCUT2D eigenvalue weighted by molar-refractivity contribution is 0.494. The van der Waals surface area contributed by atoms with Crippen LogP contribution in [-0.2, 0) is 11.8 Å². The molecule has 0 saturated heterocycles. The van der Waals surface area contributed by atoms with Crippen LogP contribution in [0, 0.1) is 5.92 Å². The van der Waals surface area contributed by atoms with Crippen molar-refractivity contribution in [1.29, 1.82) is 0 Å². The van der Waals surface area contributed by atoms with Crippen molar-refractivity contribution >= 4 is 21.9 Å². The Kier molecular flexibility index (Phi) is 5.24. The fraction of sp³-hybridized carbons (Fsp3) is 0.276. The van der Waals surface area contributed by atoms with Gasteiger partial charge < -0.3 is 4.42 Å². The largest absolute Gasteiger partial charge is 0.443 e. The number of furan rings is 1. The van der Waals surface area contributed by atoms with E-state index in [1.807, 2.05) is 6.20 Å². The molecule has 0 N–H and O–H groups in total. The average Bonchev–Trinajstić information content (AvgIpc) is 3.18. The Labute approximate surface area is 194 Å². The first-order chi connectivity index (χ1) is 15.8. The van der Waals surface area contributed by atoms with Gasteiger partial charge in [0.25, 0.3) is 0 Å². The van der Waals surface area contributed by atoms with Crippen LogP contribution >= 0.6 is 0 Å². The predicted octanol–water partition coefficient (Wildman–Crippen LogP) is 7.60. The molecule has 5 aromatic rings. The van der Waals surface area contributed by atoms with Crippen LogP contribution in [0.2, 0.25) is 0 Å². The van der Waals surface area contributed by atoms with Crippen molar-refractivity contribution in [3.05, 3.63) is 78.4 Å². The molecule has 3 heterocycles. The number of rotatable bonds is 4. The van der Waals surface area contributed by atoms with E-state index < -0.39 is 0 Å². The molecule has 33 heavy (non-hydrogen) atoms. The van der Waals surface area contributed by atoms with E-state index in [-0.39, 0.29) is 5.41 Å². The van der Waals surface area contributed by atoms with Gasteiger partial charge in [0.15, 0.2) is 0 Å². The van der Waals surface area contributed by atoms with Crippen LogP contribution in [-0.4, -0.2) is 15.0 Å². The van der Waals surface area contributed by atoms with Gasteiger partial charge in [0.2, 0.25) is 5.71 Å². The predicted molar refractivity (Wildman–Crippen MR) is 135 cm³/mol. The zero-order valence-corrected chi connectivity index (χ0v) is 19.9. The number of nitrogens with zero attached hydrogens (tertiary/aromatic N) is 3. The first-order valence-electron chi connectivity index (χ1n) is 11.5. The lowest BCUT2D eigenvalue weighted by Crippen LogP contribution is -2.12. The summed E-state index contributed by atoms with van der Waals surface area (Å²) in [6, 6.07) is 19.3. The van der Waals surface area contributed by atoms with Gasteiger partial charge in [0.05, 0.1) is 11.4 Å². The van der Waals surface area contributed by atoms with Crippen molar-refractivity contribution < 1.29 is 4.42 Å². The van der Waals surface area contributed by atoms with Crippen molar-refractivity contribution in [1.82, 2.24) is 15.0 Å². The molecule has 0 amide bonds. The topological polar surface area (TPSA) is 51.8 Å². The van der Waals surface area contributed by atoms with Gasteiger partial charge in [-0.15, -0.1) is 0 Å². The van der Waals surface area contributed by atoms with E-state index >= 15 is 0 Å². The minimum atomic E-state index is 0.0232. The number of hydrogen-bond acceptors (Lipinski definition) is 4. The Morgan fingerprint density at radius 1 is 0.818 bits per heavy atom. The second-order valence-corrected chi connectivity index (χ2v) is 10.2. The molecule has 0 radical (unpaired) electrons.